The lowest BCUT2D eigenvalue weighted by atomic mass is 9.95. The van der Waals surface area contributed by atoms with E-state index < -0.39 is 0 Å². The van der Waals surface area contributed by atoms with Crippen molar-refractivity contribution in [2.75, 3.05) is 5.75 Å². The molecule has 4 rings (SSSR count). The quantitative estimate of drug-likeness (QED) is 0.425. The number of thiophene rings is 1. The van der Waals surface area contributed by atoms with Crippen molar-refractivity contribution in [2.24, 2.45) is 0 Å². The highest BCUT2D eigenvalue weighted by molar-refractivity contribution is 9.10. The molecule has 1 aliphatic carbocycles. The summed E-state index contributed by atoms with van der Waals surface area (Å²) in [4.78, 5) is 30.1. The molecule has 1 aromatic carbocycles. The Morgan fingerprint density at radius 3 is 2.71 bits per heavy atom. The number of carbonyl (C=O) groups excluding carboxylic acids is 1. The number of thioether (sulfide) groups is 1. The molecule has 1 amide bonds. The van der Waals surface area contributed by atoms with Gasteiger partial charge in [-0.25, -0.2) is 4.98 Å². The number of rotatable bonds is 5. The van der Waals surface area contributed by atoms with Crippen molar-refractivity contribution in [1.29, 1.82) is 0 Å². The number of nitrogens with one attached hydrogen (secondary N) is 1. The normalized spacial score (nSPS) is 15.0. The van der Waals surface area contributed by atoms with Crippen molar-refractivity contribution in [3.8, 4) is 5.69 Å². The maximum Gasteiger partial charge on any atom is 0.276 e. The van der Waals surface area contributed by atoms with Gasteiger partial charge in [0.05, 0.1) is 17.0 Å². The first kappa shape index (κ1) is 19.7. The molecule has 2 aromatic heterocycles. The van der Waals surface area contributed by atoms with Gasteiger partial charge in [0.25, 0.3) is 5.56 Å². The summed E-state index contributed by atoms with van der Waals surface area (Å²) in [5.74, 6) is 0.244. The van der Waals surface area contributed by atoms with Gasteiger partial charge >= 0.3 is 0 Å². The summed E-state index contributed by atoms with van der Waals surface area (Å²) in [7, 11) is 0. The average Bonchev–Trinajstić information content (AvgIpc) is 3.17. The molecule has 8 heteroatoms. The number of aromatic nitrogens is 2. The minimum Gasteiger partial charge on any atom is -0.353 e. The molecule has 0 saturated heterocycles. The van der Waals surface area contributed by atoms with Gasteiger partial charge in [0.15, 0.2) is 5.16 Å². The molecule has 2 heterocycles. The maximum absolute atomic E-state index is 13.1. The topological polar surface area (TPSA) is 64.0 Å². The summed E-state index contributed by atoms with van der Waals surface area (Å²) < 4.78 is 3.17. The number of amides is 1. The fourth-order valence-corrected chi connectivity index (χ4v) is 5.30. The van der Waals surface area contributed by atoms with Gasteiger partial charge in [0.1, 0.15) is 4.70 Å². The molecule has 0 spiro atoms. The third-order valence-electron chi connectivity index (χ3n) is 4.84. The lowest BCUT2D eigenvalue weighted by molar-refractivity contribution is -0.119. The van der Waals surface area contributed by atoms with Crippen molar-refractivity contribution in [3.05, 3.63) is 50.5 Å². The van der Waals surface area contributed by atoms with Gasteiger partial charge in [0.2, 0.25) is 5.91 Å². The van der Waals surface area contributed by atoms with Crippen LogP contribution in [0.5, 0.6) is 0 Å². The Balaban J connectivity index is 1.60. The van der Waals surface area contributed by atoms with Gasteiger partial charge in [-0.1, -0.05) is 47.0 Å². The van der Waals surface area contributed by atoms with E-state index in [1.54, 1.807) is 4.57 Å². The van der Waals surface area contributed by atoms with E-state index in [4.69, 9.17) is 0 Å². The number of nitrogens with zero attached hydrogens (tertiary/aromatic N) is 2. The number of halogens is 1. The molecule has 1 saturated carbocycles. The SMILES string of the molecule is O=C(CSc1nc2ccsc2c(=O)n1-c1ccc(Br)cc1)NC1CCCCC1. The molecule has 1 aliphatic rings. The zero-order chi connectivity index (χ0) is 19.5. The Kier molecular flexibility index (Phi) is 6.18. The zero-order valence-electron chi connectivity index (χ0n) is 15.2. The molecule has 0 unspecified atom stereocenters. The van der Waals surface area contributed by atoms with Gasteiger partial charge in [-0.15, -0.1) is 11.3 Å². The molecule has 3 aromatic rings. The van der Waals surface area contributed by atoms with E-state index in [-0.39, 0.29) is 23.3 Å². The summed E-state index contributed by atoms with van der Waals surface area (Å²) in [6.07, 6.45) is 5.72. The fourth-order valence-electron chi connectivity index (χ4n) is 3.45. The highest BCUT2D eigenvalue weighted by Gasteiger charge is 2.18. The van der Waals surface area contributed by atoms with Gasteiger partial charge < -0.3 is 5.32 Å². The first-order chi connectivity index (χ1) is 13.6. The summed E-state index contributed by atoms with van der Waals surface area (Å²) >= 11 is 6.12. The molecule has 0 radical (unpaired) electrons. The number of fused-ring (bicyclic) bond motifs is 1. The standard InChI is InChI=1S/C20H20BrN3O2S2/c21-13-6-8-15(9-7-13)24-19(26)18-16(10-11-27-18)23-20(24)28-12-17(25)22-14-4-2-1-3-5-14/h6-11,14H,1-5,12H2,(H,22,25). The smallest absolute Gasteiger partial charge is 0.276 e. The predicted octanol–water partition coefficient (Wildman–Crippen LogP) is 4.75. The summed E-state index contributed by atoms with van der Waals surface area (Å²) in [6, 6.07) is 9.66. The summed E-state index contributed by atoms with van der Waals surface area (Å²) in [5.41, 5.74) is 1.32. The van der Waals surface area contributed by atoms with Crippen LogP contribution in [0.2, 0.25) is 0 Å². The molecular formula is C20H20BrN3O2S2. The Bertz CT molecular complexity index is 1040. The highest BCUT2D eigenvalue weighted by Crippen LogP contribution is 2.25. The Morgan fingerprint density at radius 2 is 1.96 bits per heavy atom. The van der Waals surface area contributed by atoms with Crippen LogP contribution in [0.4, 0.5) is 0 Å². The van der Waals surface area contributed by atoms with Crippen LogP contribution in [0, 0.1) is 0 Å². The van der Waals surface area contributed by atoms with Crippen molar-refractivity contribution < 1.29 is 4.79 Å². The second-order valence-electron chi connectivity index (χ2n) is 6.84. The monoisotopic (exact) mass is 477 g/mol. The average molecular weight is 478 g/mol. The Hall–Kier alpha value is -1.64. The molecule has 0 atom stereocenters. The second kappa shape index (κ2) is 8.80. The first-order valence-corrected chi connectivity index (χ1v) is 12.0. The number of carbonyl (C=O) groups is 1. The Labute approximate surface area is 179 Å². The van der Waals surface area contributed by atoms with Crippen molar-refractivity contribution in [1.82, 2.24) is 14.9 Å². The minimum atomic E-state index is -0.0995. The van der Waals surface area contributed by atoms with E-state index in [1.807, 2.05) is 35.7 Å². The number of hydrogen-bond acceptors (Lipinski definition) is 5. The van der Waals surface area contributed by atoms with E-state index in [9.17, 15) is 9.59 Å². The van der Waals surface area contributed by atoms with Crippen molar-refractivity contribution >= 4 is 55.2 Å². The molecule has 28 heavy (non-hydrogen) atoms. The zero-order valence-corrected chi connectivity index (χ0v) is 18.4. The lowest BCUT2D eigenvalue weighted by Crippen LogP contribution is -2.37. The number of hydrogen-bond donors (Lipinski definition) is 1. The largest absolute Gasteiger partial charge is 0.353 e. The summed E-state index contributed by atoms with van der Waals surface area (Å²) in [6.45, 7) is 0. The van der Waals surface area contributed by atoms with Crippen LogP contribution in [0.25, 0.3) is 15.9 Å². The summed E-state index contributed by atoms with van der Waals surface area (Å²) in [5, 5.41) is 5.53. The van der Waals surface area contributed by atoms with Crippen LogP contribution in [-0.2, 0) is 4.79 Å². The molecule has 1 N–H and O–H groups in total. The molecule has 0 aliphatic heterocycles. The molecular weight excluding hydrogens is 458 g/mol. The van der Waals surface area contributed by atoms with E-state index in [0.29, 0.717) is 15.4 Å². The van der Waals surface area contributed by atoms with Crippen molar-refractivity contribution in [3.63, 3.8) is 0 Å². The van der Waals surface area contributed by atoms with E-state index in [0.717, 1.165) is 23.0 Å². The van der Waals surface area contributed by atoms with Gasteiger partial charge in [-0.3, -0.25) is 14.2 Å². The molecule has 0 bridgehead atoms. The van der Waals surface area contributed by atoms with E-state index >= 15 is 0 Å². The van der Waals surface area contributed by atoms with Crippen molar-refractivity contribution in [2.45, 2.75) is 43.3 Å². The van der Waals surface area contributed by atoms with E-state index in [1.165, 1.54) is 42.4 Å². The maximum atomic E-state index is 13.1. The lowest BCUT2D eigenvalue weighted by Gasteiger charge is -2.22. The third-order valence-corrected chi connectivity index (χ3v) is 7.20. The fraction of sp³-hybridized carbons (Fsp3) is 0.350. The first-order valence-electron chi connectivity index (χ1n) is 9.30. The van der Waals surface area contributed by atoms with Crippen LogP contribution in [0.1, 0.15) is 32.1 Å². The minimum absolute atomic E-state index is 0.000999. The van der Waals surface area contributed by atoms with Gasteiger partial charge in [-0.2, -0.15) is 0 Å². The highest BCUT2D eigenvalue weighted by atomic mass is 79.9. The molecule has 146 valence electrons. The van der Waals surface area contributed by atoms with Gasteiger partial charge in [-0.05, 0) is 48.6 Å². The number of benzene rings is 1. The van der Waals surface area contributed by atoms with E-state index in [2.05, 4.69) is 26.2 Å². The van der Waals surface area contributed by atoms with Crippen LogP contribution in [0.3, 0.4) is 0 Å². The van der Waals surface area contributed by atoms with Gasteiger partial charge in [0, 0.05) is 10.5 Å². The van der Waals surface area contributed by atoms with Crippen LogP contribution in [0.15, 0.2) is 50.1 Å². The Morgan fingerprint density at radius 1 is 1.21 bits per heavy atom. The second-order valence-corrected chi connectivity index (χ2v) is 9.61. The van der Waals surface area contributed by atoms with Crippen LogP contribution >= 0.6 is 39.0 Å². The predicted molar refractivity (Wildman–Crippen MR) is 119 cm³/mol. The van der Waals surface area contributed by atoms with Crippen LogP contribution in [-0.4, -0.2) is 27.3 Å². The molecule has 1 fully saturated rings. The molecule has 5 nitrogen and oxygen atoms in total. The third kappa shape index (κ3) is 4.34. The van der Waals surface area contributed by atoms with Crippen LogP contribution < -0.4 is 10.9 Å².